The lowest BCUT2D eigenvalue weighted by Gasteiger charge is -2.07. The van der Waals surface area contributed by atoms with Crippen LogP contribution in [0.4, 0.5) is 0 Å². The zero-order chi connectivity index (χ0) is 14.1. The second-order valence-electron chi connectivity index (χ2n) is 4.28. The molecule has 8 heteroatoms. The van der Waals surface area contributed by atoms with Crippen molar-refractivity contribution < 1.29 is 0 Å². The molecule has 0 saturated carbocycles. The Hall–Kier alpha value is -1.66. The largest absolute Gasteiger partial charge is 0.316 e. The molecule has 3 aromatic heterocycles. The number of rotatable bonds is 4. The van der Waals surface area contributed by atoms with Crippen LogP contribution in [0.5, 0.6) is 0 Å². The van der Waals surface area contributed by atoms with Gasteiger partial charge in [0.05, 0.1) is 17.4 Å². The van der Waals surface area contributed by atoms with Crippen LogP contribution in [0.1, 0.15) is 18.6 Å². The van der Waals surface area contributed by atoms with E-state index in [9.17, 15) is 0 Å². The van der Waals surface area contributed by atoms with E-state index in [2.05, 4.69) is 20.2 Å². The Morgan fingerprint density at radius 2 is 2.15 bits per heavy atom. The van der Waals surface area contributed by atoms with E-state index in [4.69, 9.17) is 23.2 Å². The summed E-state index contributed by atoms with van der Waals surface area (Å²) in [5.41, 5.74) is 1.48. The fourth-order valence-electron chi connectivity index (χ4n) is 2.11. The van der Waals surface area contributed by atoms with E-state index in [1.165, 1.54) is 0 Å². The van der Waals surface area contributed by atoms with E-state index in [-0.39, 0.29) is 0 Å². The highest BCUT2D eigenvalue weighted by Gasteiger charge is 2.14. The van der Waals surface area contributed by atoms with E-state index in [1.807, 2.05) is 16.1 Å². The number of alkyl halides is 1. The van der Waals surface area contributed by atoms with Crippen molar-refractivity contribution >= 4 is 34.4 Å². The van der Waals surface area contributed by atoms with E-state index in [0.29, 0.717) is 17.4 Å². The van der Waals surface area contributed by atoms with Crippen molar-refractivity contribution in [1.82, 2.24) is 29.3 Å². The Balaban J connectivity index is 2.10. The number of aryl methyl sites for hydroxylation is 1. The minimum Gasteiger partial charge on any atom is -0.316 e. The molecular formula is C12H12Cl2N6. The van der Waals surface area contributed by atoms with E-state index in [1.54, 1.807) is 18.6 Å². The molecule has 0 atom stereocenters. The van der Waals surface area contributed by atoms with Crippen molar-refractivity contribution in [2.75, 3.05) is 0 Å². The molecule has 0 aromatic carbocycles. The summed E-state index contributed by atoms with van der Waals surface area (Å²) in [6.45, 7) is 3.38. The third kappa shape index (κ3) is 2.25. The molecule has 6 nitrogen and oxygen atoms in total. The molecule has 0 aliphatic carbocycles. The lowest BCUT2D eigenvalue weighted by Crippen LogP contribution is -2.10. The van der Waals surface area contributed by atoms with Gasteiger partial charge in [-0.2, -0.15) is 0 Å². The van der Waals surface area contributed by atoms with E-state index < -0.39 is 0 Å². The Morgan fingerprint density at radius 3 is 2.90 bits per heavy atom. The summed E-state index contributed by atoms with van der Waals surface area (Å²) < 4.78 is 3.91. The predicted octanol–water partition coefficient (Wildman–Crippen LogP) is 2.48. The van der Waals surface area contributed by atoms with Crippen LogP contribution < -0.4 is 0 Å². The van der Waals surface area contributed by atoms with Crippen LogP contribution in [0.2, 0.25) is 5.02 Å². The van der Waals surface area contributed by atoms with Crippen molar-refractivity contribution in [3.8, 4) is 0 Å². The van der Waals surface area contributed by atoms with Crippen LogP contribution in [0.25, 0.3) is 11.2 Å². The number of halogens is 2. The molecule has 3 rings (SSSR count). The maximum Gasteiger partial charge on any atom is 0.160 e. The van der Waals surface area contributed by atoms with Crippen molar-refractivity contribution in [2.45, 2.75) is 25.9 Å². The second-order valence-corrected chi connectivity index (χ2v) is 4.98. The molecule has 3 aromatic rings. The maximum absolute atomic E-state index is 5.97. The van der Waals surface area contributed by atoms with Gasteiger partial charge in [-0.1, -0.05) is 11.6 Å². The van der Waals surface area contributed by atoms with Gasteiger partial charge in [0.2, 0.25) is 0 Å². The molecule has 0 radical (unpaired) electrons. The van der Waals surface area contributed by atoms with Gasteiger partial charge in [0, 0.05) is 12.7 Å². The number of fused-ring (bicyclic) bond motifs is 1. The maximum atomic E-state index is 5.97. The van der Waals surface area contributed by atoms with Crippen LogP contribution in [-0.2, 0) is 19.0 Å². The SMILES string of the molecule is CCn1cnnc1Cn1c(CCl)nc2cc(Cl)cnc21. The molecule has 0 bridgehead atoms. The molecule has 20 heavy (non-hydrogen) atoms. The van der Waals surface area contributed by atoms with Gasteiger partial charge in [0.1, 0.15) is 17.7 Å². The normalized spacial score (nSPS) is 11.3. The quantitative estimate of drug-likeness (QED) is 0.695. The summed E-state index contributed by atoms with van der Waals surface area (Å²) in [4.78, 5) is 8.79. The van der Waals surface area contributed by atoms with Gasteiger partial charge < -0.3 is 9.13 Å². The number of nitrogens with zero attached hydrogens (tertiary/aromatic N) is 6. The van der Waals surface area contributed by atoms with Crippen molar-refractivity contribution in [3.63, 3.8) is 0 Å². The first-order valence-electron chi connectivity index (χ1n) is 6.16. The van der Waals surface area contributed by atoms with Crippen LogP contribution >= 0.6 is 23.2 Å². The van der Waals surface area contributed by atoms with Gasteiger partial charge in [-0.15, -0.1) is 21.8 Å². The number of imidazole rings is 1. The highest BCUT2D eigenvalue weighted by atomic mass is 35.5. The Bertz CT molecular complexity index is 748. The predicted molar refractivity (Wildman–Crippen MR) is 76.9 cm³/mol. The number of aromatic nitrogens is 6. The molecular weight excluding hydrogens is 299 g/mol. The van der Waals surface area contributed by atoms with Gasteiger partial charge in [-0.25, -0.2) is 9.97 Å². The summed E-state index contributed by atoms with van der Waals surface area (Å²) in [7, 11) is 0. The molecule has 0 spiro atoms. The number of hydrogen-bond donors (Lipinski definition) is 0. The Kier molecular flexibility index (Phi) is 3.58. The fraction of sp³-hybridized carbons (Fsp3) is 0.333. The average Bonchev–Trinajstić information content (AvgIpc) is 3.03. The molecule has 3 heterocycles. The number of pyridine rings is 1. The lowest BCUT2D eigenvalue weighted by molar-refractivity contribution is 0.646. The zero-order valence-corrected chi connectivity index (χ0v) is 12.3. The van der Waals surface area contributed by atoms with Crippen molar-refractivity contribution in [1.29, 1.82) is 0 Å². The van der Waals surface area contributed by atoms with Gasteiger partial charge in [0.25, 0.3) is 0 Å². The van der Waals surface area contributed by atoms with Crippen LogP contribution in [-0.4, -0.2) is 29.3 Å². The minimum absolute atomic E-state index is 0.300. The monoisotopic (exact) mass is 310 g/mol. The van der Waals surface area contributed by atoms with Crippen LogP contribution in [0, 0.1) is 0 Å². The van der Waals surface area contributed by atoms with Crippen LogP contribution in [0.3, 0.4) is 0 Å². The molecule has 104 valence electrons. The smallest absolute Gasteiger partial charge is 0.160 e. The number of hydrogen-bond acceptors (Lipinski definition) is 4. The van der Waals surface area contributed by atoms with Gasteiger partial charge in [-0.3, -0.25) is 0 Å². The zero-order valence-electron chi connectivity index (χ0n) is 10.8. The molecule has 0 N–H and O–H groups in total. The standard InChI is InChI=1S/C12H12Cl2N6/c1-2-19-7-16-18-11(19)6-20-10(4-13)17-9-3-8(14)5-15-12(9)20/h3,5,7H,2,4,6H2,1H3. The lowest BCUT2D eigenvalue weighted by atomic mass is 10.4. The summed E-state index contributed by atoms with van der Waals surface area (Å²) in [5.74, 6) is 1.88. The third-order valence-corrected chi connectivity index (χ3v) is 3.53. The van der Waals surface area contributed by atoms with Gasteiger partial charge >= 0.3 is 0 Å². The Labute approximate surface area is 125 Å². The highest BCUT2D eigenvalue weighted by molar-refractivity contribution is 6.31. The van der Waals surface area contributed by atoms with E-state index in [0.717, 1.165) is 29.4 Å². The average molecular weight is 311 g/mol. The first-order valence-corrected chi connectivity index (χ1v) is 7.07. The Morgan fingerprint density at radius 1 is 1.30 bits per heavy atom. The topological polar surface area (TPSA) is 61.4 Å². The summed E-state index contributed by atoms with van der Waals surface area (Å²) in [6.07, 6.45) is 3.31. The first-order chi connectivity index (χ1) is 9.72. The minimum atomic E-state index is 0.300. The molecule has 0 fully saturated rings. The molecule has 0 aliphatic heterocycles. The summed E-state index contributed by atoms with van der Waals surface area (Å²) in [5, 5.41) is 8.61. The molecule has 0 aliphatic rings. The summed E-state index contributed by atoms with van der Waals surface area (Å²) >= 11 is 11.9. The van der Waals surface area contributed by atoms with Gasteiger partial charge in [-0.05, 0) is 13.0 Å². The third-order valence-electron chi connectivity index (χ3n) is 3.09. The first kappa shape index (κ1) is 13.3. The van der Waals surface area contributed by atoms with Crippen molar-refractivity contribution in [3.05, 3.63) is 35.3 Å². The molecule has 0 amide bonds. The second kappa shape index (κ2) is 5.38. The fourth-order valence-corrected chi connectivity index (χ4v) is 2.46. The van der Waals surface area contributed by atoms with E-state index >= 15 is 0 Å². The van der Waals surface area contributed by atoms with Gasteiger partial charge in [0.15, 0.2) is 11.5 Å². The molecule has 0 unspecified atom stereocenters. The molecule has 0 saturated heterocycles. The summed E-state index contributed by atoms with van der Waals surface area (Å²) in [6, 6.07) is 1.78. The highest BCUT2D eigenvalue weighted by Crippen LogP contribution is 2.20. The van der Waals surface area contributed by atoms with Crippen molar-refractivity contribution in [2.24, 2.45) is 0 Å². The van der Waals surface area contributed by atoms with Crippen LogP contribution in [0.15, 0.2) is 18.6 Å².